The fourth-order valence-corrected chi connectivity index (χ4v) is 3.10. The van der Waals surface area contributed by atoms with E-state index in [4.69, 9.17) is 0 Å². The Bertz CT molecular complexity index is 757. The molecule has 0 aliphatic rings. The Kier molecular flexibility index (Phi) is 8.05. The third-order valence-corrected chi connectivity index (χ3v) is 4.87. The molecule has 2 rings (SSSR count). The Labute approximate surface area is 168 Å². The van der Waals surface area contributed by atoms with Crippen LogP contribution in [-0.4, -0.2) is 39.1 Å². The molecule has 1 amide bonds. The molecule has 1 atom stereocenters. The number of benzene rings is 2. The van der Waals surface area contributed by atoms with Crippen molar-refractivity contribution in [2.45, 2.75) is 26.2 Å². The van der Waals surface area contributed by atoms with E-state index in [2.05, 4.69) is 69.5 Å². The number of hydrogen-bond acceptors (Lipinski definition) is 2. The maximum absolute atomic E-state index is 12.0. The predicted octanol–water partition coefficient (Wildman–Crippen LogP) is 2.95. The van der Waals surface area contributed by atoms with Crippen molar-refractivity contribution in [3.8, 4) is 0 Å². The Morgan fingerprint density at radius 1 is 1.00 bits per heavy atom. The van der Waals surface area contributed by atoms with E-state index in [1.807, 2.05) is 26.0 Å². The first-order chi connectivity index (χ1) is 13.5. The lowest BCUT2D eigenvalue weighted by Crippen LogP contribution is -2.47. The van der Waals surface area contributed by atoms with Crippen LogP contribution in [0.5, 0.6) is 0 Å². The van der Waals surface area contributed by atoms with Gasteiger partial charge in [-0.2, -0.15) is 0 Å². The maximum Gasteiger partial charge on any atom is 0.227 e. The largest absolute Gasteiger partial charge is 0.359 e. The van der Waals surface area contributed by atoms with Crippen molar-refractivity contribution in [2.24, 2.45) is 10.4 Å². The quantitative estimate of drug-likeness (QED) is 0.487. The average molecular weight is 381 g/mol. The molecule has 28 heavy (non-hydrogen) atoms. The van der Waals surface area contributed by atoms with Gasteiger partial charge in [-0.15, -0.1) is 0 Å². The molecule has 150 valence electrons. The van der Waals surface area contributed by atoms with Gasteiger partial charge in [0.05, 0.1) is 5.41 Å². The predicted molar refractivity (Wildman–Crippen MR) is 117 cm³/mol. The number of nitrogens with zero attached hydrogens (tertiary/aromatic N) is 1. The third-order valence-electron chi connectivity index (χ3n) is 4.87. The van der Waals surface area contributed by atoms with Gasteiger partial charge in [-0.1, -0.05) is 60.7 Å². The van der Waals surface area contributed by atoms with Gasteiger partial charge in [-0.05, 0) is 31.4 Å². The molecule has 0 radical (unpaired) electrons. The molecule has 0 fully saturated rings. The summed E-state index contributed by atoms with van der Waals surface area (Å²) in [5.41, 5.74) is 2.08. The molecule has 0 spiro atoms. The number of amides is 1. The highest BCUT2D eigenvalue weighted by Gasteiger charge is 2.26. The lowest BCUT2D eigenvalue weighted by molar-refractivity contribution is -0.128. The smallest absolute Gasteiger partial charge is 0.227 e. The van der Waals surface area contributed by atoms with Crippen LogP contribution in [0.15, 0.2) is 65.7 Å². The lowest BCUT2D eigenvalue weighted by atomic mass is 9.92. The molecule has 3 N–H and O–H groups in total. The van der Waals surface area contributed by atoms with E-state index >= 15 is 0 Å². The van der Waals surface area contributed by atoms with Crippen LogP contribution in [0, 0.1) is 5.41 Å². The number of nitrogens with one attached hydrogen (secondary N) is 3. The van der Waals surface area contributed by atoms with E-state index in [1.165, 1.54) is 11.1 Å². The van der Waals surface area contributed by atoms with Crippen LogP contribution in [0.25, 0.3) is 0 Å². The first-order valence-corrected chi connectivity index (χ1v) is 9.72. The molecule has 2 aromatic rings. The average Bonchev–Trinajstić information content (AvgIpc) is 2.73. The summed E-state index contributed by atoms with van der Waals surface area (Å²) in [4.78, 5) is 16.3. The highest BCUT2D eigenvalue weighted by atomic mass is 16.2. The highest BCUT2D eigenvalue weighted by Crippen LogP contribution is 2.20. The summed E-state index contributed by atoms with van der Waals surface area (Å²) < 4.78 is 0. The van der Waals surface area contributed by atoms with Gasteiger partial charge in [-0.25, -0.2) is 0 Å². The van der Waals surface area contributed by atoms with E-state index in [1.54, 1.807) is 14.1 Å². The molecule has 0 aromatic heterocycles. The van der Waals surface area contributed by atoms with Crippen LogP contribution < -0.4 is 16.0 Å². The van der Waals surface area contributed by atoms with E-state index in [0.717, 1.165) is 13.0 Å². The monoisotopic (exact) mass is 380 g/mol. The summed E-state index contributed by atoms with van der Waals surface area (Å²) in [5, 5.41) is 9.41. The fourth-order valence-electron chi connectivity index (χ4n) is 3.10. The fraction of sp³-hybridized carbons (Fsp3) is 0.391. The van der Waals surface area contributed by atoms with Gasteiger partial charge >= 0.3 is 0 Å². The van der Waals surface area contributed by atoms with Crippen molar-refractivity contribution < 1.29 is 4.79 Å². The maximum atomic E-state index is 12.0. The van der Waals surface area contributed by atoms with Gasteiger partial charge in [0.2, 0.25) is 5.91 Å². The van der Waals surface area contributed by atoms with Crippen LogP contribution >= 0.6 is 0 Å². The van der Waals surface area contributed by atoms with Gasteiger partial charge in [0.15, 0.2) is 5.96 Å². The van der Waals surface area contributed by atoms with Crippen molar-refractivity contribution in [2.75, 3.05) is 27.2 Å². The van der Waals surface area contributed by atoms with Gasteiger partial charge in [0.25, 0.3) is 0 Å². The molecule has 1 unspecified atom stereocenters. The number of rotatable bonds is 8. The van der Waals surface area contributed by atoms with Crippen molar-refractivity contribution in [3.05, 3.63) is 71.8 Å². The van der Waals surface area contributed by atoms with Gasteiger partial charge in [-0.3, -0.25) is 9.79 Å². The standard InChI is InChI=1S/C23H32N4O/c1-23(2,21(28)24-3)17-27-22(25-4)26-16-20(19-13-9-6-10-14-19)15-18-11-7-5-8-12-18/h5-14,20H,15-17H2,1-4H3,(H,24,28)(H2,25,26,27). The van der Waals surface area contributed by atoms with Gasteiger partial charge in [0.1, 0.15) is 0 Å². The SMILES string of the molecule is CN=C(NCC(Cc1ccccc1)c1ccccc1)NCC(C)(C)C(=O)NC. The first-order valence-electron chi connectivity index (χ1n) is 9.72. The number of guanidine groups is 1. The third kappa shape index (κ3) is 6.41. The molecule has 0 saturated heterocycles. The molecule has 2 aromatic carbocycles. The number of carbonyl (C=O) groups excluding carboxylic acids is 1. The second-order valence-corrected chi connectivity index (χ2v) is 7.57. The summed E-state index contributed by atoms with van der Waals surface area (Å²) >= 11 is 0. The first kappa shape index (κ1) is 21.5. The van der Waals surface area contributed by atoms with E-state index in [9.17, 15) is 4.79 Å². The molecule has 0 aliphatic heterocycles. The Balaban J connectivity index is 2.02. The van der Waals surface area contributed by atoms with Crippen LogP contribution in [0.4, 0.5) is 0 Å². The van der Waals surface area contributed by atoms with E-state index in [-0.39, 0.29) is 5.91 Å². The van der Waals surface area contributed by atoms with Crippen LogP contribution in [0.2, 0.25) is 0 Å². The van der Waals surface area contributed by atoms with Gasteiger partial charge < -0.3 is 16.0 Å². The van der Waals surface area contributed by atoms with Crippen molar-refractivity contribution >= 4 is 11.9 Å². The molecular formula is C23H32N4O. The zero-order chi connectivity index (χ0) is 20.4. The molecule has 5 nitrogen and oxygen atoms in total. The van der Waals surface area contributed by atoms with Crippen LogP contribution in [0.1, 0.15) is 30.9 Å². The van der Waals surface area contributed by atoms with Gasteiger partial charge in [0, 0.05) is 33.1 Å². The summed E-state index contributed by atoms with van der Waals surface area (Å²) in [5.74, 6) is 1.02. The normalized spacial score (nSPS) is 12.9. The molecule has 5 heteroatoms. The summed E-state index contributed by atoms with van der Waals surface area (Å²) in [6, 6.07) is 21.0. The zero-order valence-corrected chi connectivity index (χ0v) is 17.3. The second kappa shape index (κ2) is 10.5. The minimum absolute atomic E-state index is 0.00157. The number of hydrogen-bond donors (Lipinski definition) is 3. The summed E-state index contributed by atoms with van der Waals surface area (Å²) in [6.45, 7) is 5.07. The molecular weight excluding hydrogens is 348 g/mol. The number of aliphatic imine (C=N–C) groups is 1. The van der Waals surface area contributed by atoms with Crippen molar-refractivity contribution in [1.82, 2.24) is 16.0 Å². The Morgan fingerprint density at radius 2 is 1.61 bits per heavy atom. The van der Waals surface area contributed by atoms with Crippen LogP contribution in [0.3, 0.4) is 0 Å². The molecule has 0 heterocycles. The van der Waals surface area contributed by atoms with E-state index < -0.39 is 5.41 Å². The van der Waals surface area contributed by atoms with Crippen LogP contribution in [-0.2, 0) is 11.2 Å². The lowest BCUT2D eigenvalue weighted by Gasteiger charge is -2.25. The molecule has 0 aliphatic carbocycles. The molecule has 0 bridgehead atoms. The van der Waals surface area contributed by atoms with Crippen molar-refractivity contribution in [1.29, 1.82) is 0 Å². The zero-order valence-electron chi connectivity index (χ0n) is 17.3. The van der Waals surface area contributed by atoms with Crippen molar-refractivity contribution in [3.63, 3.8) is 0 Å². The minimum atomic E-state index is -0.519. The number of carbonyl (C=O) groups is 1. The van der Waals surface area contributed by atoms with E-state index in [0.29, 0.717) is 18.4 Å². The Hall–Kier alpha value is -2.82. The highest BCUT2D eigenvalue weighted by molar-refractivity contribution is 5.84. The summed E-state index contributed by atoms with van der Waals surface area (Å²) in [7, 11) is 3.40. The second-order valence-electron chi connectivity index (χ2n) is 7.57. The minimum Gasteiger partial charge on any atom is -0.359 e. The summed E-state index contributed by atoms with van der Waals surface area (Å²) in [6.07, 6.45) is 0.943. The molecule has 0 saturated carbocycles. The topological polar surface area (TPSA) is 65.5 Å². The Morgan fingerprint density at radius 3 is 2.18 bits per heavy atom.